The van der Waals surface area contributed by atoms with E-state index in [1.54, 1.807) is 6.92 Å². The van der Waals surface area contributed by atoms with E-state index < -0.39 is 6.23 Å². The predicted octanol–water partition coefficient (Wildman–Crippen LogP) is -0.994. The summed E-state index contributed by atoms with van der Waals surface area (Å²) in [5.74, 6) is 0. The number of rotatable bonds is 0. The number of amides is 2. The average Bonchev–Trinajstić information content (AvgIpc) is 1.85. The molecule has 0 bridgehead atoms. The molecule has 2 amide bonds. The molecule has 0 aliphatic carbocycles. The van der Waals surface area contributed by atoms with Crippen molar-refractivity contribution < 1.29 is 9.90 Å². The largest absolute Gasteiger partial charge is 0.371 e. The van der Waals surface area contributed by atoms with E-state index in [2.05, 4.69) is 10.6 Å². The van der Waals surface area contributed by atoms with Gasteiger partial charge in [0.25, 0.3) is 0 Å². The fourth-order valence-electron chi connectivity index (χ4n) is 0.587. The molecule has 3 N–H and O–H groups in total. The standard InChI is InChI=1S/C4H8N2O2/c1-2-3(7)6-4(8)5-2/h2-3,7H,1H3,(H2,5,6,8)/t2-,3?/m1/s1. The zero-order chi connectivity index (χ0) is 6.15. The van der Waals surface area contributed by atoms with Gasteiger partial charge in [-0.1, -0.05) is 0 Å². The topological polar surface area (TPSA) is 61.4 Å². The maximum absolute atomic E-state index is 10.3. The highest BCUT2D eigenvalue weighted by Gasteiger charge is 2.24. The van der Waals surface area contributed by atoms with Crippen molar-refractivity contribution in [3.8, 4) is 0 Å². The van der Waals surface area contributed by atoms with Gasteiger partial charge in [0.2, 0.25) is 0 Å². The second-order valence-electron chi connectivity index (χ2n) is 1.85. The van der Waals surface area contributed by atoms with Crippen molar-refractivity contribution >= 4 is 6.03 Å². The number of carbonyl (C=O) groups excluding carboxylic acids is 1. The number of hydrogen-bond acceptors (Lipinski definition) is 2. The van der Waals surface area contributed by atoms with Crippen LogP contribution in [0.3, 0.4) is 0 Å². The molecule has 0 saturated carbocycles. The van der Waals surface area contributed by atoms with Gasteiger partial charge in [-0.2, -0.15) is 0 Å². The quantitative estimate of drug-likeness (QED) is 0.380. The fourth-order valence-corrected chi connectivity index (χ4v) is 0.587. The van der Waals surface area contributed by atoms with Crippen LogP contribution in [0, 0.1) is 0 Å². The van der Waals surface area contributed by atoms with E-state index in [-0.39, 0.29) is 12.1 Å². The molecule has 0 aromatic rings. The number of hydrogen-bond donors (Lipinski definition) is 3. The highest BCUT2D eigenvalue weighted by molar-refractivity contribution is 5.76. The first-order valence-corrected chi connectivity index (χ1v) is 2.45. The molecule has 2 atom stereocenters. The van der Waals surface area contributed by atoms with Crippen LogP contribution in [0.15, 0.2) is 0 Å². The van der Waals surface area contributed by atoms with Gasteiger partial charge in [-0.15, -0.1) is 0 Å². The van der Waals surface area contributed by atoms with Gasteiger partial charge in [0, 0.05) is 0 Å². The summed E-state index contributed by atoms with van der Waals surface area (Å²) in [4.78, 5) is 10.3. The average molecular weight is 116 g/mol. The molecule has 0 radical (unpaired) electrons. The van der Waals surface area contributed by atoms with Crippen molar-refractivity contribution in [1.82, 2.24) is 10.6 Å². The molecule has 0 aromatic carbocycles. The molecule has 1 heterocycles. The van der Waals surface area contributed by atoms with Crippen LogP contribution < -0.4 is 10.6 Å². The van der Waals surface area contributed by atoms with E-state index in [0.717, 1.165) is 0 Å². The van der Waals surface area contributed by atoms with Crippen molar-refractivity contribution in [3.63, 3.8) is 0 Å². The lowest BCUT2D eigenvalue weighted by molar-refractivity contribution is 0.145. The Bertz CT molecular complexity index is 103. The van der Waals surface area contributed by atoms with Gasteiger partial charge >= 0.3 is 6.03 Å². The number of urea groups is 1. The lowest BCUT2D eigenvalue weighted by Crippen LogP contribution is -2.29. The van der Waals surface area contributed by atoms with Gasteiger partial charge < -0.3 is 15.7 Å². The van der Waals surface area contributed by atoms with Crippen LogP contribution in [0.5, 0.6) is 0 Å². The summed E-state index contributed by atoms with van der Waals surface area (Å²) < 4.78 is 0. The summed E-state index contributed by atoms with van der Waals surface area (Å²) in [5, 5.41) is 13.5. The summed E-state index contributed by atoms with van der Waals surface area (Å²) in [7, 11) is 0. The minimum atomic E-state index is -0.720. The number of aliphatic hydroxyl groups is 1. The summed E-state index contributed by atoms with van der Waals surface area (Å²) in [6.07, 6.45) is -0.720. The van der Waals surface area contributed by atoms with Crippen LogP contribution in [0.1, 0.15) is 6.92 Å². The molecule has 4 heteroatoms. The Morgan fingerprint density at radius 1 is 1.62 bits per heavy atom. The highest BCUT2D eigenvalue weighted by Crippen LogP contribution is 1.94. The molecule has 1 rings (SSSR count). The van der Waals surface area contributed by atoms with E-state index in [1.807, 2.05) is 0 Å². The third kappa shape index (κ3) is 0.742. The molecule has 46 valence electrons. The molecular formula is C4H8N2O2. The molecule has 1 aliphatic heterocycles. The Balaban J connectivity index is 2.51. The smallest absolute Gasteiger partial charge is 0.317 e. The van der Waals surface area contributed by atoms with Crippen molar-refractivity contribution in [2.24, 2.45) is 0 Å². The molecule has 4 nitrogen and oxygen atoms in total. The van der Waals surface area contributed by atoms with Gasteiger partial charge in [-0.25, -0.2) is 4.79 Å². The second-order valence-corrected chi connectivity index (χ2v) is 1.85. The minimum Gasteiger partial charge on any atom is -0.371 e. The Hall–Kier alpha value is -0.770. The first-order valence-electron chi connectivity index (χ1n) is 2.45. The normalized spacial score (nSPS) is 36.5. The van der Waals surface area contributed by atoms with Crippen molar-refractivity contribution in [2.75, 3.05) is 0 Å². The Morgan fingerprint density at radius 2 is 2.25 bits per heavy atom. The van der Waals surface area contributed by atoms with Crippen molar-refractivity contribution in [3.05, 3.63) is 0 Å². The molecule has 1 unspecified atom stereocenters. The van der Waals surface area contributed by atoms with E-state index in [9.17, 15) is 4.79 Å². The van der Waals surface area contributed by atoms with Gasteiger partial charge in [-0.05, 0) is 6.92 Å². The zero-order valence-electron chi connectivity index (χ0n) is 4.51. The summed E-state index contributed by atoms with van der Waals surface area (Å²) in [6.45, 7) is 1.72. The first kappa shape index (κ1) is 5.37. The van der Waals surface area contributed by atoms with E-state index in [0.29, 0.717) is 0 Å². The highest BCUT2D eigenvalue weighted by atomic mass is 16.3. The maximum Gasteiger partial charge on any atom is 0.317 e. The predicted molar refractivity (Wildman–Crippen MR) is 27.1 cm³/mol. The number of carbonyl (C=O) groups is 1. The minimum absolute atomic E-state index is 0.164. The van der Waals surface area contributed by atoms with Crippen molar-refractivity contribution in [1.29, 1.82) is 0 Å². The summed E-state index contributed by atoms with van der Waals surface area (Å²) in [5.41, 5.74) is 0. The van der Waals surface area contributed by atoms with E-state index in [1.165, 1.54) is 0 Å². The number of nitrogens with one attached hydrogen (secondary N) is 2. The Labute approximate surface area is 46.9 Å². The monoisotopic (exact) mass is 116 g/mol. The Kier molecular flexibility index (Phi) is 1.09. The maximum atomic E-state index is 10.3. The SMILES string of the molecule is C[C@H]1NC(=O)NC1O. The molecular weight excluding hydrogens is 108 g/mol. The summed E-state index contributed by atoms with van der Waals surface area (Å²) in [6, 6.07) is -0.465. The van der Waals surface area contributed by atoms with E-state index in [4.69, 9.17) is 5.11 Å². The van der Waals surface area contributed by atoms with Gasteiger partial charge in [-0.3, -0.25) is 0 Å². The zero-order valence-corrected chi connectivity index (χ0v) is 4.51. The molecule has 0 spiro atoms. The van der Waals surface area contributed by atoms with Crippen LogP contribution in [-0.2, 0) is 0 Å². The molecule has 1 aliphatic rings. The van der Waals surface area contributed by atoms with Crippen LogP contribution >= 0.6 is 0 Å². The molecule has 1 saturated heterocycles. The van der Waals surface area contributed by atoms with Crippen LogP contribution in [-0.4, -0.2) is 23.4 Å². The third-order valence-corrected chi connectivity index (χ3v) is 1.11. The first-order chi connectivity index (χ1) is 3.70. The summed E-state index contributed by atoms with van der Waals surface area (Å²) >= 11 is 0. The van der Waals surface area contributed by atoms with E-state index >= 15 is 0 Å². The molecule has 8 heavy (non-hydrogen) atoms. The lowest BCUT2D eigenvalue weighted by atomic mass is 10.3. The van der Waals surface area contributed by atoms with Crippen LogP contribution in [0.25, 0.3) is 0 Å². The lowest BCUT2D eigenvalue weighted by Gasteiger charge is -2.03. The number of aliphatic hydroxyl groups excluding tert-OH is 1. The fraction of sp³-hybridized carbons (Fsp3) is 0.750. The van der Waals surface area contributed by atoms with Gasteiger partial charge in [0.1, 0.15) is 6.23 Å². The Morgan fingerprint density at radius 3 is 2.38 bits per heavy atom. The third-order valence-electron chi connectivity index (χ3n) is 1.11. The van der Waals surface area contributed by atoms with Crippen LogP contribution in [0.2, 0.25) is 0 Å². The molecule has 1 fully saturated rings. The van der Waals surface area contributed by atoms with Gasteiger partial charge in [0.15, 0.2) is 0 Å². The van der Waals surface area contributed by atoms with Crippen LogP contribution in [0.4, 0.5) is 4.79 Å². The molecule has 0 aromatic heterocycles. The second kappa shape index (κ2) is 1.63. The van der Waals surface area contributed by atoms with Crippen molar-refractivity contribution in [2.45, 2.75) is 19.2 Å². The van der Waals surface area contributed by atoms with Gasteiger partial charge in [0.05, 0.1) is 6.04 Å².